The molecule has 0 N–H and O–H groups in total. The van der Waals surface area contributed by atoms with Crippen molar-refractivity contribution in [2.75, 3.05) is 26.2 Å². The summed E-state index contributed by atoms with van der Waals surface area (Å²) in [7, 11) is 0. The lowest BCUT2D eigenvalue weighted by Crippen LogP contribution is -2.43. The van der Waals surface area contributed by atoms with Crippen molar-refractivity contribution in [2.45, 2.75) is 13.2 Å². The van der Waals surface area contributed by atoms with Gasteiger partial charge in [-0.25, -0.2) is 0 Å². The summed E-state index contributed by atoms with van der Waals surface area (Å²) in [6, 6.07) is 11.1. The van der Waals surface area contributed by atoms with Crippen LogP contribution in [0.3, 0.4) is 0 Å². The van der Waals surface area contributed by atoms with Crippen molar-refractivity contribution in [3.63, 3.8) is 0 Å². The number of ether oxygens (including phenoxy) is 1. The van der Waals surface area contributed by atoms with Gasteiger partial charge in [-0.1, -0.05) is 29.3 Å². The van der Waals surface area contributed by atoms with Crippen LogP contribution in [0, 0.1) is 0 Å². The summed E-state index contributed by atoms with van der Waals surface area (Å²) in [5, 5.41) is 1.32. The van der Waals surface area contributed by atoms with Gasteiger partial charge in [0.15, 0.2) is 5.78 Å². The third-order valence-corrected chi connectivity index (χ3v) is 5.36. The summed E-state index contributed by atoms with van der Waals surface area (Å²) in [6.07, 6.45) is 3.26. The smallest absolute Gasteiger partial charge is 0.387 e. The maximum atomic E-state index is 12.3. The second-order valence-electron chi connectivity index (χ2n) is 6.60. The molecule has 0 spiro atoms. The van der Waals surface area contributed by atoms with Crippen molar-refractivity contribution >= 4 is 29.0 Å². The number of halogens is 4. The average molecular weight is 441 g/mol. The summed E-state index contributed by atoms with van der Waals surface area (Å²) in [6.45, 7) is 0.978. The molecule has 8 heteroatoms. The molecular weight excluding hydrogens is 421 g/mol. The standard InChI is InChI=1S/C21H20Cl2F2N2O2/c22-18-2-1-3-19(23)17(18)14-27-12-10-26(11-13-27)9-8-20(28)15-4-6-16(7-5-15)29-21(24)25/h1-9,21H,10-14H2/b9-8+. The Morgan fingerprint density at radius 3 is 2.24 bits per heavy atom. The number of carbonyl (C=O) groups excluding carboxylic acids is 1. The minimum Gasteiger partial charge on any atom is -0.435 e. The molecule has 2 aromatic rings. The van der Waals surface area contributed by atoms with Crippen LogP contribution in [0.4, 0.5) is 8.78 Å². The fourth-order valence-electron chi connectivity index (χ4n) is 3.05. The molecule has 0 radical (unpaired) electrons. The first-order valence-corrected chi connectivity index (χ1v) is 9.84. The summed E-state index contributed by atoms with van der Waals surface area (Å²) < 4.78 is 28.6. The van der Waals surface area contributed by atoms with Crippen LogP contribution in [0.5, 0.6) is 5.75 Å². The number of hydrogen-bond acceptors (Lipinski definition) is 4. The lowest BCUT2D eigenvalue weighted by atomic mass is 10.1. The quantitative estimate of drug-likeness (QED) is 0.442. The SMILES string of the molecule is O=C(/C=C/N1CCN(Cc2c(Cl)cccc2Cl)CC1)c1ccc(OC(F)F)cc1. The number of rotatable bonds is 7. The molecule has 3 rings (SSSR count). The molecule has 1 heterocycles. The van der Waals surface area contributed by atoms with E-state index in [-0.39, 0.29) is 11.5 Å². The van der Waals surface area contributed by atoms with Crippen molar-refractivity contribution < 1.29 is 18.3 Å². The van der Waals surface area contributed by atoms with Gasteiger partial charge in [0.25, 0.3) is 0 Å². The first kappa shape index (κ1) is 21.6. The number of hydrogen-bond donors (Lipinski definition) is 0. The molecule has 2 aromatic carbocycles. The molecular formula is C21H20Cl2F2N2O2. The number of benzene rings is 2. The zero-order valence-corrected chi connectivity index (χ0v) is 17.0. The van der Waals surface area contributed by atoms with Gasteiger partial charge in [0.2, 0.25) is 0 Å². The van der Waals surface area contributed by atoms with E-state index >= 15 is 0 Å². The molecule has 0 atom stereocenters. The fraction of sp³-hybridized carbons (Fsp3) is 0.286. The van der Waals surface area contributed by atoms with Gasteiger partial charge in [-0.05, 0) is 36.4 Å². The molecule has 0 saturated carbocycles. The molecule has 1 aliphatic heterocycles. The molecule has 29 heavy (non-hydrogen) atoms. The van der Waals surface area contributed by atoms with Gasteiger partial charge in [-0.2, -0.15) is 8.78 Å². The highest BCUT2D eigenvalue weighted by molar-refractivity contribution is 6.35. The molecule has 1 saturated heterocycles. The predicted molar refractivity (Wildman–Crippen MR) is 110 cm³/mol. The van der Waals surface area contributed by atoms with Crippen molar-refractivity contribution in [1.82, 2.24) is 9.80 Å². The van der Waals surface area contributed by atoms with Gasteiger partial charge in [0.1, 0.15) is 5.75 Å². The molecule has 1 aliphatic rings. The van der Waals surface area contributed by atoms with E-state index in [0.717, 1.165) is 31.7 Å². The zero-order chi connectivity index (χ0) is 20.8. The van der Waals surface area contributed by atoms with Crippen LogP contribution in [0.1, 0.15) is 15.9 Å². The van der Waals surface area contributed by atoms with E-state index in [1.807, 2.05) is 18.2 Å². The third-order valence-electron chi connectivity index (χ3n) is 4.65. The van der Waals surface area contributed by atoms with Crippen molar-refractivity contribution in [3.05, 3.63) is 75.9 Å². The number of alkyl halides is 2. The lowest BCUT2D eigenvalue weighted by Gasteiger charge is -2.34. The highest BCUT2D eigenvalue weighted by atomic mass is 35.5. The molecule has 0 unspecified atom stereocenters. The fourth-order valence-corrected chi connectivity index (χ4v) is 3.56. The Labute approximate surface area is 178 Å². The third kappa shape index (κ3) is 6.16. The van der Waals surface area contributed by atoms with Crippen LogP contribution in [0.15, 0.2) is 54.7 Å². The average Bonchev–Trinajstić information content (AvgIpc) is 2.70. The van der Waals surface area contributed by atoms with E-state index in [9.17, 15) is 13.6 Å². The summed E-state index contributed by atoms with van der Waals surface area (Å²) >= 11 is 12.5. The van der Waals surface area contributed by atoms with Crippen molar-refractivity contribution in [1.29, 1.82) is 0 Å². The molecule has 0 amide bonds. The molecule has 0 bridgehead atoms. The van der Waals surface area contributed by atoms with Crippen LogP contribution >= 0.6 is 23.2 Å². The molecule has 0 aliphatic carbocycles. The highest BCUT2D eigenvalue weighted by Gasteiger charge is 2.17. The Balaban J connectivity index is 1.50. The van der Waals surface area contributed by atoms with Crippen LogP contribution in [-0.2, 0) is 6.54 Å². The normalized spacial score (nSPS) is 15.3. The maximum Gasteiger partial charge on any atom is 0.387 e. The Kier molecular flexibility index (Phi) is 7.47. The van der Waals surface area contributed by atoms with Gasteiger partial charge in [-0.3, -0.25) is 9.69 Å². The first-order chi connectivity index (χ1) is 13.9. The largest absolute Gasteiger partial charge is 0.435 e. The van der Waals surface area contributed by atoms with Crippen LogP contribution in [0.25, 0.3) is 0 Å². The maximum absolute atomic E-state index is 12.3. The van der Waals surface area contributed by atoms with Crippen LogP contribution in [0.2, 0.25) is 10.0 Å². The minimum atomic E-state index is -2.89. The van der Waals surface area contributed by atoms with Crippen LogP contribution < -0.4 is 4.74 Å². The van der Waals surface area contributed by atoms with E-state index in [1.165, 1.54) is 30.3 Å². The van der Waals surface area contributed by atoms with Gasteiger partial charge >= 0.3 is 6.61 Å². The molecule has 1 fully saturated rings. The summed E-state index contributed by atoms with van der Waals surface area (Å²) in [5.74, 6) is -0.172. The Morgan fingerprint density at radius 1 is 1.03 bits per heavy atom. The van der Waals surface area contributed by atoms with Crippen molar-refractivity contribution in [3.8, 4) is 5.75 Å². The Hall–Kier alpha value is -2.15. The predicted octanol–water partition coefficient (Wildman–Crippen LogP) is 5.11. The summed E-state index contributed by atoms with van der Waals surface area (Å²) in [4.78, 5) is 16.6. The second kappa shape index (κ2) is 10.1. The number of carbonyl (C=O) groups is 1. The molecule has 0 aromatic heterocycles. The lowest BCUT2D eigenvalue weighted by molar-refractivity contribution is -0.0498. The molecule has 4 nitrogen and oxygen atoms in total. The van der Waals surface area contributed by atoms with Crippen LogP contribution in [-0.4, -0.2) is 48.4 Å². The number of ketones is 1. The first-order valence-electron chi connectivity index (χ1n) is 9.09. The van der Waals surface area contributed by atoms with E-state index in [2.05, 4.69) is 14.5 Å². The van der Waals surface area contributed by atoms with Gasteiger partial charge in [0.05, 0.1) is 0 Å². The second-order valence-corrected chi connectivity index (χ2v) is 7.41. The van der Waals surface area contributed by atoms with Crippen molar-refractivity contribution in [2.24, 2.45) is 0 Å². The van der Waals surface area contributed by atoms with E-state index in [4.69, 9.17) is 23.2 Å². The van der Waals surface area contributed by atoms with Gasteiger partial charge in [0, 0.05) is 66.2 Å². The number of allylic oxidation sites excluding steroid dienone is 1. The zero-order valence-electron chi connectivity index (χ0n) is 15.5. The molecule has 154 valence electrons. The highest BCUT2D eigenvalue weighted by Crippen LogP contribution is 2.26. The Morgan fingerprint density at radius 2 is 1.66 bits per heavy atom. The number of piperazine rings is 1. The summed E-state index contributed by atoms with van der Waals surface area (Å²) in [5.41, 5.74) is 1.34. The van der Waals surface area contributed by atoms with E-state index in [1.54, 1.807) is 6.20 Å². The Bertz CT molecular complexity index is 847. The van der Waals surface area contributed by atoms with E-state index < -0.39 is 6.61 Å². The number of nitrogens with zero attached hydrogens (tertiary/aromatic N) is 2. The minimum absolute atomic E-state index is 0.0234. The van der Waals surface area contributed by atoms with E-state index in [0.29, 0.717) is 22.2 Å². The topological polar surface area (TPSA) is 32.8 Å². The monoisotopic (exact) mass is 440 g/mol. The van der Waals surface area contributed by atoms with Gasteiger partial charge < -0.3 is 9.64 Å². The van der Waals surface area contributed by atoms with Gasteiger partial charge in [-0.15, -0.1) is 0 Å².